The van der Waals surface area contributed by atoms with Crippen LogP contribution in [0.25, 0.3) is 28.6 Å². The maximum atomic E-state index is 6.42. The lowest BCUT2D eigenvalue weighted by atomic mass is 10.1. The summed E-state index contributed by atoms with van der Waals surface area (Å²) in [6.45, 7) is 0.750. The van der Waals surface area contributed by atoms with Gasteiger partial charge in [0.25, 0.3) is 0 Å². The highest BCUT2D eigenvalue weighted by atomic mass is 35.5. The Bertz CT molecular complexity index is 1110. The van der Waals surface area contributed by atoms with E-state index in [1.54, 1.807) is 0 Å². The predicted octanol–water partition coefficient (Wildman–Crippen LogP) is 5.49. The van der Waals surface area contributed by atoms with Crippen LogP contribution >= 0.6 is 35.6 Å². The van der Waals surface area contributed by atoms with Crippen molar-refractivity contribution in [3.8, 4) is 28.6 Å². The molecule has 0 spiro atoms. The molecule has 0 amide bonds. The highest BCUT2D eigenvalue weighted by Gasteiger charge is 2.25. The summed E-state index contributed by atoms with van der Waals surface area (Å²) in [4.78, 5) is 0. The van der Waals surface area contributed by atoms with Gasteiger partial charge < -0.3 is 4.57 Å². The van der Waals surface area contributed by atoms with Crippen LogP contribution in [-0.2, 0) is 6.54 Å². The van der Waals surface area contributed by atoms with Gasteiger partial charge in [-0.05, 0) is 42.0 Å². The van der Waals surface area contributed by atoms with Gasteiger partial charge in [0.15, 0.2) is 11.6 Å². The molecular formula is C19H13Cl3N4. The van der Waals surface area contributed by atoms with Gasteiger partial charge in [-0.1, -0.05) is 41.4 Å². The molecule has 130 valence electrons. The monoisotopic (exact) mass is 402 g/mol. The fourth-order valence-corrected chi connectivity index (χ4v) is 3.70. The van der Waals surface area contributed by atoms with Crippen molar-refractivity contribution in [2.45, 2.75) is 6.54 Å². The van der Waals surface area contributed by atoms with Crippen LogP contribution in [0.4, 0.5) is 0 Å². The van der Waals surface area contributed by atoms with Crippen LogP contribution in [0.3, 0.4) is 0 Å². The van der Waals surface area contributed by atoms with Crippen LogP contribution in [0.2, 0.25) is 10.0 Å². The molecule has 7 heteroatoms. The quantitative estimate of drug-likeness (QED) is 0.371. The second kappa shape index (κ2) is 6.47. The zero-order valence-corrected chi connectivity index (χ0v) is 15.8. The van der Waals surface area contributed by atoms with E-state index in [2.05, 4.69) is 14.8 Å². The third kappa shape index (κ3) is 2.53. The number of hydrogen-bond acceptors (Lipinski definition) is 2. The molecule has 0 unspecified atom stereocenters. The van der Waals surface area contributed by atoms with E-state index in [1.807, 2.05) is 65.4 Å². The molecule has 0 fully saturated rings. The SMILES string of the molecule is Cl.Clc1ccc2c(c1)-n1c(-c3ccccc3Cl)nnc1-c1cccn1C2. The molecular weight excluding hydrogens is 391 g/mol. The number of halogens is 3. The molecule has 0 N–H and O–H groups in total. The van der Waals surface area contributed by atoms with E-state index < -0.39 is 0 Å². The Labute approximate surface area is 166 Å². The first kappa shape index (κ1) is 17.2. The average Bonchev–Trinajstić information content (AvgIpc) is 3.21. The minimum atomic E-state index is 0. The third-order valence-corrected chi connectivity index (χ3v) is 5.03. The average molecular weight is 404 g/mol. The molecule has 0 bridgehead atoms. The summed E-state index contributed by atoms with van der Waals surface area (Å²) in [5, 5.41) is 10.2. The van der Waals surface area contributed by atoms with Crippen molar-refractivity contribution < 1.29 is 0 Å². The zero-order valence-electron chi connectivity index (χ0n) is 13.4. The van der Waals surface area contributed by atoms with Gasteiger partial charge in [-0.3, -0.25) is 4.57 Å². The second-order valence-corrected chi connectivity index (χ2v) is 6.80. The first-order valence-electron chi connectivity index (χ1n) is 7.87. The smallest absolute Gasteiger partial charge is 0.185 e. The molecule has 0 radical (unpaired) electrons. The van der Waals surface area contributed by atoms with Gasteiger partial charge in [-0.25, -0.2) is 0 Å². The molecule has 0 saturated carbocycles. The Morgan fingerprint density at radius 3 is 2.54 bits per heavy atom. The summed E-state index contributed by atoms with van der Waals surface area (Å²) < 4.78 is 4.21. The lowest BCUT2D eigenvalue weighted by Crippen LogP contribution is -2.02. The standard InChI is InChI=1S/C19H12Cl2N4.ClH/c20-13-8-7-12-11-24-9-3-6-16(24)19-23-22-18(25(19)17(12)10-13)14-4-1-2-5-15(14)21;/h1-10H,11H2;1H. The van der Waals surface area contributed by atoms with E-state index in [-0.39, 0.29) is 12.4 Å². The Kier molecular flexibility index (Phi) is 4.27. The fraction of sp³-hybridized carbons (Fsp3) is 0.0526. The largest absolute Gasteiger partial charge is 0.340 e. The maximum absolute atomic E-state index is 6.42. The number of aromatic nitrogens is 4. The van der Waals surface area contributed by atoms with Gasteiger partial charge in [0.05, 0.1) is 16.4 Å². The number of fused-ring (bicyclic) bond motifs is 5. The van der Waals surface area contributed by atoms with Crippen molar-refractivity contribution in [2.75, 3.05) is 0 Å². The molecule has 3 heterocycles. The first-order valence-corrected chi connectivity index (χ1v) is 8.62. The van der Waals surface area contributed by atoms with Crippen molar-refractivity contribution in [3.05, 3.63) is 76.4 Å². The maximum Gasteiger partial charge on any atom is 0.185 e. The van der Waals surface area contributed by atoms with Crippen LogP contribution in [0.5, 0.6) is 0 Å². The number of benzene rings is 2. The van der Waals surface area contributed by atoms with Crippen molar-refractivity contribution in [3.63, 3.8) is 0 Å². The van der Waals surface area contributed by atoms with Crippen molar-refractivity contribution >= 4 is 35.6 Å². The Hall–Kier alpha value is -2.27. The first-order chi connectivity index (χ1) is 12.2. The molecule has 0 atom stereocenters. The van der Waals surface area contributed by atoms with Crippen LogP contribution in [0.15, 0.2) is 60.8 Å². The summed E-state index contributed by atoms with van der Waals surface area (Å²) in [6, 6.07) is 17.6. The molecule has 0 aliphatic carbocycles. The molecule has 5 rings (SSSR count). The highest BCUT2D eigenvalue weighted by Crippen LogP contribution is 2.36. The van der Waals surface area contributed by atoms with Crippen molar-refractivity contribution in [1.82, 2.24) is 19.3 Å². The third-order valence-electron chi connectivity index (χ3n) is 4.47. The van der Waals surface area contributed by atoms with E-state index in [4.69, 9.17) is 23.2 Å². The van der Waals surface area contributed by atoms with Gasteiger partial charge in [-0.15, -0.1) is 22.6 Å². The number of nitrogens with zero attached hydrogens (tertiary/aromatic N) is 4. The van der Waals surface area contributed by atoms with Gasteiger partial charge >= 0.3 is 0 Å². The minimum absolute atomic E-state index is 0. The number of hydrogen-bond donors (Lipinski definition) is 0. The van der Waals surface area contributed by atoms with E-state index >= 15 is 0 Å². The number of rotatable bonds is 1. The van der Waals surface area contributed by atoms with Crippen LogP contribution in [0.1, 0.15) is 5.56 Å². The normalized spacial score (nSPS) is 11.8. The predicted molar refractivity (Wildman–Crippen MR) is 107 cm³/mol. The molecule has 1 aliphatic heterocycles. The Morgan fingerprint density at radius 2 is 1.69 bits per heavy atom. The molecule has 2 aromatic carbocycles. The second-order valence-electron chi connectivity index (χ2n) is 5.96. The van der Waals surface area contributed by atoms with E-state index in [0.29, 0.717) is 15.9 Å². The summed E-state index contributed by atoms with van der Waals surface area (Å²) in [6.07, 6.45) is 2.05. The fourth-order valence-electron chi connectivity index (χ4n) is 3.31. The summed E-state index contributed by atoms with van der Waals surface area (Å²) in [5.74, 6) is 1.49. The summed E-state index contributed by atoms with van der Waals surface area (Å²) in [5.41, 5.74) is 3.98. The topological polar surface area (TPSA) is 35.6 Å². The molecule has 4 nitrogen and oxygen atoms in total. The molecule has 2 aromatic heterocycles. The van der Waals surface area contributed by atoms with E-state index in [9.17, 15) is 0 Å². The molecule has 0 saturated heterocycles. The lowest BCUT2D eigenvalue weighted by molar-refractivity contribution is 0.816. The van der Waals surface area contributed by atoms with Gasteiger partial charge in [-0.2, -0.15) is 0 Å². The molecule has 1 aliphatic rings. The Balaban J connectivity index is 0.00000168. The van der Waals surface area contributed by atoms with Crippen molar-refractivity contribution in [1.29, 1.82) is 0 Å². The Morgan fingerprint density at radius 1 is 0.885 bits per heavy atom. The van der Waals surface area contributed by atoms with Crippen LogP contribution in [-0.4, -0.2) is 19.3 Å². The van der Waals surface area contributed by atoms with Gasteiger partial charge in [0.2, 0.25) is 0 Å². The van der Waals surface area contributed by atoms with Crippen LogP contribution in [0, 0.1) is 0 Å². The molecule has 26 heavy (non-hydrogen) atoms. The summed E-state index contributed by atoms with van der Waals surface area (Å²) >= 11 is 12.7. The van der Waals surface area contributed by atoms with E-state index in [1.165, 1.54) is 0 Å². The van der Waals surface area contributed by atoms with Gasteiger partial charge in [0.1, 0.15) is 0 Å². The molecule has 4 aromatic rings. The zero-order chi connectivity index (χ0) is 17.0. The van der Waals surface area contributed by atoms with Gasteiger partial charge in [0, 0.05) is 23.3 Å². The summed E-state index contributed by atoms with van der Waals surface area (Å²) in [7, 11) is 0. The lowest BCUT2D eigenvalue weighted by Gasteiger charge is -2.12. The van der Waals surface area contributed by atoms with Crippen molar-refractivity contribution in [2.24, 2.45) is 0 Å². The highest BCUT2D eigenvalue weighted by molar-refractivity contribution is 6.33. The van der Waals surface area contributed by atoms with Crippen LogP contribution < -0.4 is 0 Å². The minimum Gasteiger partial charge on any atom is -0.340 e. The van der Waals surface area contributed by atoms with E-state index in [0.717, 1.165) is 34.9 Å².